The van der Waals surface area contributed by atoms with Gasteiger partial charge in [0.1, 0.15) is 17.1 Å². The predicted molar refractivity (Wildman–Crippen MR) is 102 cm³/mol. The van der Waals surface area contributed by atoms with Gasteiger partial charge in [0.05, 0.1) is 13.2 Å². The van der Waals surface area contributed by atoms with E-state index >= 15 is 0 Å². The van der Waals surface area contributed by atoms with E-state index in [-0.39, 0.29) is 41.0 Å². The molecule has 0 saturated carbocycles. The molecule has 0 aliphatic carbocycles. The fraction of sp³-hybridized carbons (Fsp3) is 0.364. The van der Waals surface area contributed by atoms with Crippen molar-refractivity contribution in [1.29, 1.82) is 0 Å². The summed E-state index contributed by atoms with van der Waals surface area (Å²) in [7, 11) is 1.43. The third kappa shape index (κ3) is 3.03. The van der Waals surface area contributed by atoms with Gasteiger partial charge in [-0.3, -0.25) is 9.59 Å². The smallest absolute Gasteiger partial charge is 0.260 e. The maximum atomic E-state index is 14.4. The van der Waals surface area contributed by atoms with Gasteiger partial charge >= 0.3 is 0 Å². The van der Waals surface area contributed by atoms with Crippen LogP contribution in [0.25, 0.3) is 0 Å². The summed E-state index contributed by atoms with van der Waals surface area (Å²) in [5.41, 5.74) is 1.05. The number of carbonyl (C=O) groups excluding carboxylic acids is 2. The minimum absolute atomic E-state index is 0.0235. The van der Waals surface area contributed by atoms with Crippen LogP contribution in [0.3, 0.4) is 0 Å². The average Bonchev–Trinajstić information content (AvgIpc) is 3.26. The monoisotopic (exact) mass is 382 g/mol. The summed E-state index contributed by atoms with van der Waals surface area (Å²) in [6, 6.07) is 14.2. The van der Waals surface area contributed by atoms with Gasteiger partial charge in [-0.1, -0.05) is 36.4 Å². The third-order valence-electron chi connectivity index (χ3n) is 5.91. The lowest BCUT2D eigenvalue weighted by Gasteiger charge is -2.29. The molecule has 6 heteroatoms. The lowest BCUT2D eigenvalue weighted by atomic mass is 9.89. The molecule has 2 aliphatic rings. The van der Waals surface area contributed by atoms with Gasteiger partial charge in [-0.25, -0.2) is 4.39 Å². The van der Waals surface area contributed by atoms with Gasteiger partial charge in [0.15, 0.2) is 0 Å². The number of amides is 2. The van der Waals surface area contributed by atoms with Gasteiger partial charge in [0, 0.05) is 38.4 Å². The topological polar surface area (TPSA) is 49.9 Å². The first-order valence-corrected chi connectivity index (χ1v) is 9.45. The van der Waals surface area contributed by atoms with E-state index < -0.39 is 5.82 Å². The van der Waals surface area contributed by atoms with Gasteiger partial charge < -0.3 is 14.5 Å². The Morgan fingerprint density at radius 1 is 1.04 bits per heavy atom. The van der Waals surface area contributed by atoms with E-state index in [0.717, 1.165) is 5.56 Å². The molecule has 0 radical (unpaired) electrons. The zero-order valence-corrected chi connectivity index (χ0v) is 16.0. The molecule has 2 amide bonds. The minimum atomic E-state index is -0.577. The first kappa shape index (κ1) is 18.5. The van der Waals surface area contributed by atoms with Crippen LogP contribution < -0.4 is 4.74 Å². The molecular weight excluding hydrogens is 359 g/mol. The molecule has 146 valence electrons. The standard InChI is InChI=1S/C22H23FN2O3/c1-14(26)25-12-16-11-24(13-17(16)21(25)15-7-4-3-5-8-15)22(27)20-18(23)9-6-10-19(20)28-2/h3-10,16-17,21H,11-13H2,1-2H3/t16-,17-,21+/m1/s1. The fourth-order valence-corrected chi connectivity index (χ4v) is 4.65. The number of nitrogens with zero attached hydrogens (tertiary/aromatic N) is 2. The number of hydrogen-bond donors (Lipinski definition) is 0. The van der Waals surface area contributed by atoms with Gasteiger partial charge in [-0.15, -0.1) is 0 Å². The quantitative estimate of drug-likeness (QED) is 0.820. The molecule has 2 aromatic carbocycles. The Balaban J connectivity index is 1.62. The van der Waals surface area contributed by atoms with Crippen molar-refractivity contribution in [1.82, 2.24) is 9.80 Å². The molecule has 0 N–H and O–H groups in total. The van der Waals surface area contributed by atoms with Gasteiger partial charge in [0.2, 0.25) is 5.91 Å². The van der Waals surface area contributed by atoms with E-state index in [9.17, 15) is 14.0 Å². The summed E-state index contributed by atoms with van der Waals surface area (Å²) in [6.45, 7) is 3.19. The number of methoxy groups -OCH3 is 1. The van der Waals surface area contributed by atoms with Gasteiger partial charge in [0.25, 0.3) is 5.91 Å². The van der Waals surface area contributed by atoms with Crippen LogP contribution in [0.5, 0.6) is 5.75 Å². The lowest BCUT2D eigenvalue weighted by Crippen LogP contribution is -2.36. The molecule has 0 bridgehead atoms. The van der Waals surface area contributed by atoms with Crippen LogP contribution in [-0.2, 0) is 4.79 Å². The third-order valence-corrected chi connectivity index (χ3v) is 5.91. The lowest BCUT2D eigenvalue weighted by molar-refractivity contribution is -0.130. The summed E-state index contributed by atoms with van der Waals surface area (Å²) in [5, 5.41) is 0. The summed E-state index contributed by atoms with van der Waals surface area (Å²) in [4.78, 5) is 28.9. The number of halogens is 1. The van der Waals surface area contributed by atoms with Crippen LogP contribution in [0.2, 0.25) is 0 Å². The molecule has 4 rings (SSSR count). The van der Waals surface area contributed by atoms with Gasteiger partial charge in [-0.2, -0.15) is 0 Å². The normalized spacial score (nSPS) is 23.6. The number of ether oxygens (including phenoxy) is 1. The van der Waals surface area contributed by atoms with Crippen LogP contribution in [0.1, 0.15) is 28.9 Å². The highest BCUT2D eigenvalue weighted by Crippen LogP contribution is 2.45. The molecule has 2 heterocycles. The van der Waals surface area contributed by atoms with E-state index in [2.05, 4.69) is 0 Å². The van der Waals surface area contributed by atoms with Crippen molar-refractivity contribution in [3.8, 4) is 5.75 Å². The van der Waals surface area contributed by atoms with Crippen molar-refractivity contribution in [2.24, 2.45) is 11.8 Å². The number of hydrogen-bond acceptors (Lipinski definition) is 3. The van der Waals surface area contributed by atoms with Crippen molar-refractivity contribution in [3.63, 3.8) is 0 Å². The summed E-state index contributed by atoms with van der Waals surface area (Å²) < 4.78 is 19.6. The number of carbonyl (C=O) groups is 2. The van der Waals surface area contributed by atoms with Gasteiger partial charge in [-0.05, 0) is 17.7 Å². The molecule has 2 aliphatic heterocycles. The molecule has 2 saturated heterocycles. The van der Waals surface area contributed by atoms with E-state index in [0.29, 0.717) is 19.6 Å². The Morgan fingerprint density at radius 2 is 1.79 bits per heavy atom. The second-order valence-corrected chi connectivity index (χ2v) is 7.48. The van der Waals surface area contributed by atoms with Crippen molar-refractivity contribution in [2.75, 3.05) is 26.7 Å². The van der Waals surface area contributed by atoms with Crippen LogP contribution in [0.4, 0.5) is 4.39 Å². The van der Waals surface area contributed by atoms with E-state index in [1.54, 1.807) is 17.9 Å². The highest BCUT2D eigenvalue weighted by molar-refractivity contribution is 5.97. The minimum Gasteiger partial charge on any atom is -0.496 e. The Labute approximate surface area is 163 Å². The molecule has 0 unspecified atom stereocenters. The molecule has 5 nitrogen and oxygen atoms in total. The van der Waals surface area contributed by atoms with Crippen molar-refractivity contribution in [2.45, 2.75) is 13.0 Å². The molecule has 0 spiro atoms. The van der Waals surface area contributed by atoms with E-state index in [4.69, 9.17) is 4.74 Å². The fourth-order valence-electron chi connectivity index (χ4n) is 4.65. The molecule has 3 atom stereocenters. The zero-order valence-electron chi connectivity index (χ0n) is 16.0. The number of rotatable bonds is 3. The molecular formula is C22H23FN2O3. The van der Waals surface area contributed by atoms with Crippen LogP contribution in [0.15, 0.2) is 48.5 Å². The molecule has 2 fully saturated rings. The predicted octanol–water partition coefficient (Wildman–Crippen LogP) is 3.13. The highest BCUT2D eigenvalue weighted by Gasteiger charge is 2.49. The summed E-state index contributed by atoms with van der Waals surface area (Å²) in [5.74, 6) is -0.343. The molecule has 2 aromatic rings. The molecule has 0 aromatic heterocycles. The Kier molecular flexibility index (Phi) is 4.79. The highest BCUT2D eigenvalue weighted by atomic mass is 19.1. The van der Waals surface area contributed by atoms with E-state index in [1.807, 2.05) is 35.2 Å². The number of fused-ring (bicyclic) bond motifs is 1. The van der Waals surface area contributed by atoms with Crippen LogP contribution >= 0.6 is 0 Å². The zero-order chi connectivity index (χ0) is 19.8. The largest absolute Gasteiger partial charge is 0.496 e. The first-order chi connectivity index (χ1) is 13.5. The molecule has 28 heavy (non-hydrogen) atoms. The van der Waals surface area contributed by atoms with Crippen LogP contribution in [0, 0.1) is 17.7 Å². The maximum Gasteiger partial charge on any atom is 0.260 e. The van der Waals surface area contributed by atoms with Crippen LogP contribution in [-0.4, -0.2) is 48.4 Å². The number of likely N-dealkylation sites (tertiary alicyclic amines) is 2. The number of benzene rings is 2. The van der Waals surface area contributed by atoms with Crippen molar-refractivity contribution < 1.29 is 18.7 Å². The van der Waals surface area contributed by atoms with Crippen molar-refractivity contribution in [3.05, 3.63) is 65.5 Å². The Bertz CT molecular complexity index is 902. The SMILES string of the molecule is COc1cccc(F)c1C(=O)N1C[C@@H]2CN(C(C)=O)[C@@H](c3ccccc3)[C@@H]2C1. The first-order valence-electron chi connectivity index (χ1n) is 9.45. The summed E-state index contributed by atoms with van der Waals surface area (Å²) >= 11 is 0. The second-order valence-electron chi connectivity index (χ2n) is 7.48. The average molecular weight is 382 g/mol. The summed E-state index contributed by atoms with van der Waals surface area (Å²) in [6.07, 6.45) is 0. The Hall–Kier alpha value is -2.89. The van der Waals surface area contributed by atoms with Crippen molar-refractivity contribution >= 4 is 11.8 Å². The van der Waals surface area contributed by atoms with E-state index in [1.165, 1.54) is 19.2 Å². The second kappa shape index (κ2) is 7.26. The maximum absolute atomic E-state index is 14.4. The Morgan fingerprint density at radius 3 is 2.46 bits per heavy atom.